The average Bonchev–Trinajstić information content (AvgIpc) is 3.05. The summed E-state index contributed by atoms with van der Waals surface area (Å²) in [6.45, 7) is 1.09. The van der Waals surface area contributed by atoms with Crippen LogP contribution in [0.4, 0.5) is 4.79 Å². The minimum atomic E-state index is -1.59. The van der Waals surface area contributed by atoms with E-state index >= 15 is 0 Å². The molecule has 0 unspecified atom stereocenters. The van der Waals surface area contributed by atoms with Gasteiger partial charge in [-0.2, -0.15) is 0 Å². The van der Waals surface area contributed by atoms with Crippen molar-refractivity contribution in [2.45, 2.75) is 18.9 Å². The number of ketones is 1. The van der Waals surface area contributed by atoms with Crippen LogP contribution in [0, 0.1) is 5.92 Å². The number of rotatable bonds is 5. The zero-order valence-corrected chi connectivity index (χ0v) is 12.7. The van der Waals surface area contributed by atoms with Crippen molar-refractivity contribution in [2.24, 2.45) is 5.92 Å². The number of hydrogen-bond donors (Lipinski definition) is 2. The number of nitrogens with one attached hydrogen (secondary N) is 2. The molecule has 0 aliphatic carbocycles. The van der Waals surface area contributed by atoms with Gasteiger partial charge in [0.15, 0.2) is 11.7 Å². The van der Waals surface area contributed by atoms with Gasteiger partial charge in [0.1, 0.15) is 12.4 Å². The van der Waals surface area contributed by atoms with Crippen LogP contribution in [0.2, 0.25) is 0 Å². The number of carbonyl (C=O) groups excluding carboxylic acids is 4. The Kier molecular flexibility index (Phi) is 4.57. The molecule has 0 spiro atoms. The highest BCUT2D eigenvalue weighted by molar-refractivity contribution is 6.29. The molecule has 8 heteroatoms. The smallest absolute Gasteiger partial charge is 0.328 e. The fourth-order valence-corrected chi connectivity index (χ4v) is 2.63. The number of imide groups is 2. The molecule has 1 aromatic carbocycles. The number of benzene rings is 1. The maximum Gasteiger partial charge on any atom is 0.328 e. The van der Waals surface area contributed by atoms with E-state index in [9.17, 15) is 19.2 Å². The highest BCUT2D eigenvalue weighted by Crippen LogP contribution is 2.20. The monoisotopic (exact) mass is 332 g/mol. The first kappa shape index (κ1) is 16.1. The van der Waals surface area contributed by atoms with E-state index in [1.165, 1.54) is 12.1 Å². The van der Waals surface area contributed by atoms with Crippen molar-refractivity contribution in [1.29, 1.82) is 0 Å². The molecule has 2 aliphatic heterocycles. The Morgan fingerprint density at radius 1 is 1.21 bits per heavy atom. The maximum atomic E-state index is 12.4. The largest absolute Gasteiger partial charge is 0.491 e. The van der Waals surface area contributed by atoms with Gasteiger partial charge >= 0.3 is 6.03 Å². The predicted octanol–water partition coefficient (Wildman–Crippen LogP) is 0.409. The van der Waals surface area contributed by atoms with E-state index in [1.54, 1.807) is 12.1 Å². The molecule has 3 rings (SSSR count). The summed E-state index contributed by atoms with van der Waals surface area (Å²) < 4.78 is 11.1. The number of Topliss-reactive ketones (excluding diaryl/α,β-unsaturated/α-hetero) is 1. The van der Waals surface area contributed by atoms with Crippen LogP contribution in [0.25, 0.3) is 0 Å². The van der Waals surface area contributed by atoms with Crippen LogP contribution < -0.4 is 15.4 Å². The molecule has 2 heterocycles. The van der Waals surface area contributed by atoms with Gasteiger partial charge in [-0.1, -0.05) is 12.1 Å². The Labute approximate surface area is 137 Å². The molecule has 0 aromatic heterocycles. The molecule has 2 saturated heterocycles. The van der Waals surface area contributed by atoms with Crippen LogP contribution in [0.5, 0.6) is 5.75 Å². The molecule has 2 fully saturated rings. The Balaban J connectivity index is 1.70. The minimum absolute atomic E-state index is 0.0327. The van der Waals surface area contributed by atoms with Crippen molar-refractivity contribution in [3.05, 3.63) is 29.8 Å². The fourth-order valence-electron chi connectivity index (χ4n) is 2.63. The van der Waals surface area contributed by atoms with Gasteiger partial charge in [0.25, 0.3) is 0 Å². The zero-order valence-electron chi connectivity index (χ0n) is 12.7. The first-order valence-electron chi connectivity index (χ1n) is 7.59. The number of urea groups is 1. The summed E-state index contributed by atoms with van der Waals surface area (Å²) in [4.78, 5) is 47.0. The molecular formula is C16H16N2O6. The molecule has 1 aromatic rings. The quantitative estimate of drug-likeness (QED) is 0.597. The molecule has 4 amide bonds. The number of carbonyl (C=O) groups is 4. The minimum Gasteiger partial charge on any atom is -0.491 e. The summed E-state index contributed by atoms with van der Waals surface area (Å²) >= 11 is 0. The Bertz CT molecular complexity index is 676. The van der Waals surface area contributed by atoms with Gasteiger partial charge in [-0.25, -0.2) is 4.79 Å². The van der Waals surface area contributed by atoms with E-state index in [-0.39, 0.29) is 11.7 Å². The van der Waals surface area contributed by atoms with Gasteiger partial charge in [-0.15, -0.1) is 0 Å². The third-order valence-electron chi connectivity index (χ3n) is 3.84. The summed E-state index contributed by atoms with van der Waals surface area (Å²) in [5.41, 5.74) is 0.157. The summed E-state index contributed by atoms with van der Waals surface area (Å²) in [7, 11) is 0. The summed E-state index contributed by atoms with van der Waals surface area (Å²) in [5, 5.41) is 3.82. The van der Waals surface area contributed by atoms with Crippen molar-refractivity contribution < 1.29 is 28.7 Å². The Morgan fingerprint density at radius 3 is 2.62 bits per heavy atom. The van der Waals surface area contributed by atoms with Gasteiger partial charge in [0, 0.05) is 12.2 Å². The molecule has 0 saturated carbocycles. The van der Waals surface area contributed by atoms with Gasteiger partial charge < -0.3 is 9.47 Å². The summed E-state index contributed by atoms with van der Waals surface area (Å²) in [5.74, 6) is -3.70. The second kappa shape index (κ2) is 6.79. The first-order valence-corrected chi connectivity index (χ1v) is 7.59. The fraction of sp³-hybridized carbons (Fsp3) is 0.375. The normalized spacial score (nSPS) is 21.3. The van der Waals surface area contributed by atoms with Crippen LogP contribution in [0.15, 0.2) is 24.3 Å². The molecule has 2 aliphatic rings. The number of amides is 4. The SMILES string of the molecule is O=C1NC(=O)C(C(=O)c2cccc(OC[C@H]3CCCO3)c2)C(=O)N1. The lowest BCUT2D eigenvalue weighted by atomic mass is 9.94. The average molecular weight is 332 g/mol. The second-order valence-electron chi connectivity index (χ2n) is 5.58. The lowest BCUT2D eigenvalue weighted by molar-refractivity contribution is -0.133. The van der Waals surface area contributed by atoms with E-state index in [0.717, 1.165) is 19.4 Å². The molecular weight excluding hydrogens is 316 g/mol. The highest BCUT2D eigenvalue weighted by Gasteiger charge is 2.40. The van der Waals surface area contributed by atoms with Crippen molar-refractivity contribution in [3.63, 3.8) is 0 Å². The van der Waals surface area contributed by atoms with E-state index in [2.05, 4.69) is 0 Å². The van der Waals surface area contributed by atoms with Crippen molar-refractivity contribution in [1.82, 2.24) is 10.6 Å². The lowest BCUT2D eigenvalue weighted by Crippen LogP contribution is -2.57. The molecule has 24 heavy (non-hydrogen) atoms. The van der Waals surface area contributed by atoms with Gasteiger partial charge in [0.05, 0.1) is 6.10 Å². The van der Waals surface area contributed by atoms with Crippen LogP contribution in [-0.4, -0.2) is 42.9 Å². The Hall–Kier alpha value is -2.74. The molecule has 0 radical (unpaired) electrons. The zero-order chi connectivity index (χ0) is 17.1. The van der Waals surface area contributed by atoms with E-state index in [1.807, 2.05) is 10.6 Å². The molecule has 126 valence electrons. The third-order valence-corrected chi connectivity index (χ3v) is 3.84. The number of ether oxygens (including phenoxy) is 2. The van der Waals surface area contributed by atoms with E-state index in [0.29, 0.717) is 12.4 Å². The van der Waals surface area contributed by atoms with Gasteiger partial charge in [-0.05, 0) is 25.0 Å². The maximum absolute atomic E-state index is 12.4. The van der Waals surface area contributed by atoms with Crippen LogP contribution in [0.1, 0.15) is 23.2 Å². The lowest BCUT2D eigenvalue weighted by Gasteiger charge is -2.19. The first-order chi connectivity index (χ1) is 11.5. The Morgan fingerprint density at radius 2 is 1.96 bits per heavy atom. The van der Waals surface area contributed by atoms with E-state index in [4.69, 9.17) is 9.47 Å². The van der Waals surface area contributed by atoms with Crippen LogP contribution >= 0.6 is 0 Å². The topological polar surface area (TPSA) is 111 Å². The summed E-state index contributed by atoms with van der Waals surface area (Å²) in [6.07, 6.45) is 1.96. The predicted molar refractivity (Wildman–Crippen MR) is 80.4 cm³/mol. The molecule has 8 nitrogen and oxygen atoms in total. The van der Waals surface area contributed by atoms with Gasteiger partial charge in [0.2, 0.25) is 11.8 Å². The van der Waals surface area contributed by atoms with Crippen molar-refractivity contribution >= 4 is 23.6 Å². The summed E-state index contributed by atoms with van der Waals surface area (Å²) in [6, 6.07) is 5.30. The van der Waals surface area contributed by atoms with Crippen molar-refractivity contribution in [2.75, 3.05) is 13.2 Å². The number of barbiturate groups is 1. The molecule has 1 atom stereocenters. The van der Waals surface area contributed by atoms with Crippen LogP contribution in [-0.2, 0) is 14.3 Å². The third kappa shape index (κ3) is 3.43. The van der Waals surface area contributed by atoms with Crippen molar-refractivity contribution in [3.8, 4) is 5.75 Å². The van der Waals surface area contributed by atoms with Gasteiger partial charge in [-0.3, -0.25) is 25.0 Å². The second-order valence-corrected chi connectivity index (χ2v) is 5.58. The highest BCUT2D eigenvalue weighted by atomic mass is 16.5. The van der Waals surface area contributed by atoms with E-state index < -0.39 is 29.5 Å². The molecule has 2 N–H and O–H groups in total. The standard InChI is InChI=1S/C16H16N2O6/c19-13(12-14(20)17-16(22)18-15(12)21)9-3-1-4-10(7-9)24-8-11-5-2-6-23-11/h1,3-4,7,11-12H,2,5-6,8H2,(H2,17,18,20,21,22)/t11-/m1/s1. The molecule has 0 bridgehead atoms. The number of hydrogen-bond acceptors (Lipinski definition) is 6. The van der Waals surface area contributed by atoms with Crippen LogP contribution in [0.3, 0.4) is 0 Å².